The number of nitrogens with zero attached hydrogens (tertiary/aromatic N) is 3. The minimum atomic E-state index is -0.306. The molecule has 2 amide bonds. The van der Waals surface area contributed by atoms with Crippen molar-refractivity contribution in [3.63, 3.8) is 0 Å². The Morgan fingerprint density at radius 1 is 1.25 bits per heavy atom. The van der Waals surface area contributed by atoms with E-state index in [4.69, 9.17) is 0 Å². The van der Waals surface area contributed by atoms with Crippen LogP contribution in [0.3, 0.4) is 0 Å². The van der Waals surface area contributed by atoms with Crippen LogP contribution in [0.25, 0.3) is 11.4 Å². The van der Waals surface area contributed by atoms with E-state index in [0.717, 1.165) is 24.2 Å². The fraction of sp³-hybridized carbons (Fsp3) is 0.524. The Morgan fingerprint density at radius 3 is 2.89 bits per heavy atom. The summed E-state index contributed by atoms with van der Waals surface area (Å²) in [7, 11) is 0. The van der Waals surface area contributed by atoms with Crippen LogP contribution in [0.4, 0.5) is 5.13 Å². The maximum atomic E-state index is 12.7. The molecule has 0 aromatic carbocycles. The Hall–Kier alpha value is -2.28. The molecule has 2 fully saturated rings. The Kier molecular flexibility index (Phi) is 5.44. The quantitative estimate of drug-likeness (QED) is 0.850. The van der Waals surface area contributed by atoms with E-state index in [-0.39, 0.29) is 23.8 Å². The minimum Gasteiger partial charge on any atom is -0.339 e. The summed E-state index contributed by atoms with van der Waals surface area (Å²) < 4.78 is 0. The Morgan fingerprint density at radius 2 is 2.11 bits per heavy atom. The van der Waals surface area contributed by atoms with Gasteiger partial charge in [0.2, 0.25) is 11.8 Å². The molecule has 4 unspecified atom stereocenters. The highest BCUT2D eigenvalue weighted by molar-refractivity contribution is 7.14. The summed E-state index contributed by atoms with van der Waals surface area (Å²) in [6.07, 6.45) is 5.45. The lowest BCUT2D eigenvalue weighted by Crippen LogP contribution is -2.45. The van der Waals surface area contributed by atoms with Crippen LogP contribution >= 0.6 is 11.3 Å². The van der Waals surface area contributed by atoms with Gasteiger partial charge in [0, 0.05) is 30.6 Å². The van der Waals surface area contributed by atoms with Crippen LogP contribution in [0.1, 0.15) is 39.5 Å². The van der Waals surface area contributed by atoms with Crippen LogP contribution in [0.5, 0.6) is 0 Å². The number of carbonyl (C=O) groups is 2. The molecule has 2 aliphatic rings. The second kappa shape index (κ2) is 7.99. The maximum absolute atomic E-state index is 12.7. The first-order valence-electron chi connectivity index (χ1n) is 10.00. The van der Waals surface area contributed by atoms with E-state index in [2.05, 4.69) is 29.1 Å². The van der Waals surface area contributed by atoms with Crippen molar-refractivity contribution in [1.29, 1.82) is 0 Å². The van der Waals surface area contributed by atoms with Crippen molar-refractivity contribution < 1.29 is 9.59 Å². The van der Waals surface area contributed by atoms with E-state index in [1.54, 1.807) is 6.20 Å². The molecule has 0 bridgehead atoms. The molecule has 28 heavy (non-hydrogen) atoms. The first kappa shape index (κ1) is 19.1. The van der Waals surface area contributed by atoms with Gasteiger partial charge in [0.25, 0.3) is 0 Å². The third-order valence-corrected chi connectivity index (χ3v) is 7.01. The van der Waals surface area contributed by atoms with Crippen LogP contribution in [0, 0.1) is 17.8 Å². The summed E-state index contributed by atoms with van der Waals surface area (Å²) in [5.74, 6) is 0.798. The van der Waals surface area contributed by atoms with Crippen molar-refractivity contribution in [3.8, 4) is 11.4 Å². The molecule has 0 radical (unpaired) electrons. The lowest BCUT2D eigenvalue weighted by molar-refractivity contribution is -0.131. The Balaban J connectivity index is 1.39. The third-order valence-electron chi connectivity index (χ3n) is 6.26. The highest BCUT2D eigenvalue weighted by Crippen LogP contribution is 2.36. The molecule has 4 atom stereocenters. The first-order chi connectivity index (χ1) is 13.5. The van der Waals surface area contributed by atoms with Gasteiger partial charge in [-0.1, -0.05) is 32.8 Å². The van der Waals surface area contributed by atoms with Crippen LogP contribution in [-0.2, 0) is 9.59 Å². The smallest absolute Gasteiger partial charge is 0.231 e. The zero-order chi connectivity index (χ0) is 19.7. The molecule has 2 aromatic rings. The first-order valence-corrected chi connectivity index (χ1v) is 10.9. The normalized spacial score (nSPS) is 27.8. The van der Waals surface area contributed by atoms with E-state index < -0.39 is 0 Å². The molecule has 2 aromatic heterocycles. The lowest BCUT2D eigenvalue weighted by atomic mass is 9.77. The molecule has 1 aliphatic heterocycles. The summed E-state index contributed by atoms with van der Waals surface area (Å²) >= 11 is 1.38. The van der Waals surface area contributed by atoms with Crippen molar-refractivity contribution in [1.82, 2.24) is 14.9 Å². The molecule has 7 heteroatoms. The van der Waals surface area contributed by atoms with Gasteiger partial charge >= 0.3 is 0 Å². The number of nitrogens with one attached hydrogen (secondary N) is 1. The fourth-order valence-corrected chi connectivity index (χ4v) is 5.10. The average molecular weight is 399 g/mol. The molecule has 148 valence electrons. The van der Waals surface area contributed by atoms with E-state index in [0.29, 0.717) is 29.9 Å². The molecular formula is C21H26N4O2S. The second-order valence-corrected chi connectivity index (χ2v) is 8.88. The number of thiazole rings is 1. The topological polar surface area (TPSA) is 75.2 Å². The van der Waals surface area contributed by atoms with Gasteiger partial charge in [-0.3, -0.25) is 14.6 Å². The summed E-state index contributed by atoms with van der Waals surface area (Å²) in [5, 5.41) is 5.34. The summed E-state index contributed by atoms with van der Waals surface area (Å²) in [5.41, 5.74) is 1.52. The van der Waals surface area contributed by atoms with E-state index in [1.807, 2.05) is 28.5 Å². The van der Waals surface area contributed by atoms with Gasteiger partial charge < -0.3 is 10.2 Å². The van der Waals surface area contributed by atoms with Crippen molar-refractivity contribution >= 4 is 28.3 Å². The second-order valence-electron chi connectivity index (χ2n) is 8.02. The number of hydrogen-bond donors (Lipinski definition) is 1. The predicted molar refractivity (Wildman–Crippen MR) is 110 cm³/mol. The van der Waals surface area contributed by atoms with Gasteiger partial charge in [-0.2, -0.15) is 0 Å². The standard InChI is InChI=1S/C21H26N4O2S/c1-13-6-5-8-18(14(13)2)25-11-15(10-19(25)26)20(27)24-21-23-17(12-28-21)16-7-3-4-9-22-16/h3-4,7,9,12-15,18H,5-6,8,10-11H2,1-2H3,(H,23,24,27). The Bertz CT molecular complexity index is 853. The largest absolute Gasteiger partial charge is 0.339 e. The molecule has 6 nitrogen and oxygen atoms in total. The average Bonchev–Trinajstić information content (AvgIpc) is 3.32. The van der Waals surface area contributed by atoms with E-state index in [1.165, 1.54) is 17.8 Å². The number of rotatable bonds is 4. The molecular weight excluding hydrogens is 372 g/mol. The van der Waals surface area contributed by atoms with Gasteiger partial charge in [-0.25, -0.2) is 4.98 Å². The summed E-state index contributed by atoms with van der Waals surface area (Å²) in [6.45, 7) is 5.03. The lowest BCUT2D eigenvalue weighted by Gasteiger charge is -2.40. The van der Waals surface area contributed by atoms with Crippen LogP contribution in [0.2, 0.25) is 0 Å². The van der Waals surface area contributed by atoms with Gasteiger partial charge in [0.1, 0.15) is 5.69 Å². The van der Waals surface area contributed by atoms with Crippen molar-refractivity contribution in [2.24, 2.45) is 17.8 Å². The van der Waals surface area contributed by atoms with Crippen LogP contribution < -0.4 is 5.32 Å². The van der Waals surface area contributed by atoms with Crippen molar-refractivity contribution in [2.45, 2.75) is 45.6 Å². The van der Waals surface area contributed by atoms with Crippen LogP contribution in [-0.4, -0.2) is 39.3 Å². The maximum Gasteiger partial charge on any atom is 0.231 e. The number of likely N-dealkylation sites (tertiary alicyclic amines) is 1. The summed E-state index contributed by atoms with van der Waals surface area (Å²) in [6, 6.07) is 5.92. The van der Waals surface area contributed by atoms with Gasteiger partial charge in [-0.15, -0.1) is 11.3 Å². The van der Waals surface area contributed by atoms with Crippen molar-refractivity contribution in [3.05, 3.63) is 29.8 Å². The van der Waals surface area contributed by atoms with E-state index in [9.17, 15) is 9.59 Å². The molecule has 1 saturated heterocycles. The molecule has 3 heterocycles. The highest BCUT2D eigenvalue weighted by Gasteiger charge is 2.41. The molecule has 0 spiro atoms. The number of hydrogen-bond acceptors (Lipinski definition) is 5. The molecule has 1 aliphatic carbocycles. The van der Waals surface area contributed by atoms with Crippen molar-refractivity contribution in [2.75, 3.05) is 11.9 Å². The van der Waals surface area contributed by atoms with E-state index >= 15 is 0 Å². The highest BCUT2D eigenvalue weighted by atomic mass is 32.1. The minimum absolute atomic E-state index is 0.111. The molecule has 1 N–H and O–H groups in total. The summed E-state index contributed by atoms with van der Waals surface area (Å²) in [4.78, 5) is 36.1. The van der Waals surface area contributed by atoms with Gasteiger partial charge in [0.15, 0.2) is 5.13 Å². The SMILES string of the molecule is CC1CCCC(N2CC(C(=O)Nc3nc(-c4ccccn4)cs3)CC2=O)C1C. The fourth-order valence-electron chi connectivity index (χ4n) is 4.39. The zero-order valence-corrected chi connectivity index (χ0v) is 17.1. The number of anilines is 1. The van der Waals surface area contributed by atoms with Crippen LogP contribution in [0.15, 0.2) is 29.8 Å². The monoisotopic (exact) mass is 398 g/mol. The molecule has 4 rings (SSSR count). The van der Waals surface area contributed by atoms with Gasteiger partial charge in [-0.05, 0) is 30.4 Å². The predicted octanol–water partition coefficient (Wildman–Crippen LogP) is 3.82. The Labute approximate surface area is 169 Å². The van der Waals surface area contributed by atoms with Gasteiger partial charge in [0.05, 0.1) is 11.6 Å². The number of pyridine rings is 1. The zero-order valence-electron chi connectivity index (χ0n) is 16.3. The molecule has 1 saturated carbocycles. The third kappa shape index (κ3) is 3.81. The number of carbonyl (C=O) groups excluding carboxylic acids is 2. The number of amides is 2. The number of aromatic nitrogens is 2.